The maximum atomic E-state index is 13.3. The number of urea groups is 1. The largest absolute Gasteiger partial charge is 0.378 e. The first-order chi connectivity index (χ1) is 15.6. The molecular formula is C23H29N5O3S. The third-order valence-corrected chi connectivity index (χ3v) is 8.40. The van der Waals surface area contributed by atoms with Crippen molar-refractivity contribution in [3.8, 4) is 6.19 Å². The average Bonchev–Trinajstić information content (AvgIpc) is 3.46. The molecule has 2 amide bonds. The minimum atomic E-state index is -3.35. The highest BCUT2D eigenvalue weighted by Crippen LogP contribution is 2.38. The second-order valence-corrected chi connectivity index (χ2v) is 10.8. The standard InChI is InChI=1S/C23H29N5O3S/c24-15-25-32(30,11-9-18-6-3-10-28(18)19-13-31-14-19)27-23(29)26-22-20-7-1-4-16(20)12-17-5-2-8-21(17)22/h9,11-12,18-19H,1-8,10,13-14H2,(H2,25,26,27,29,30)/b11-9+/t18-,32?/m0/s1. The summed E-state index contributed by atoms with van der Waals surface area (Å²) < 4.78 is 24.6. The Bertz CT molecular complexity index is 1080. The van der Waals surface area contributed by atoms with Crippen molar-refractivity contribution in [1.82, 2.24) is 9.62 Å². The van der Waals surface area contributed by atoms with E-state index in [4.69, 9.17) is 10.00 Å². The molecule has 2 fully saturated rings. The van der Waals surface area contributed by atoms with Crippen LogP contribution in [0.15, 0.2) is 21.9 Å². The van der Waals surface area contributed by atoms with E-state index in [1.807, 2.05) is 6.08 Å². The Morgan fingerprint density at radius 1 is 1.19 bits per heavy atom. The lowest BCUT2D eigenvalue weighted by molar-refractivity contribution is -0.0642. The molecule has 0 bridgehead atoms. The van der Waals surface area contributed by atoms with Crippen LogP contribution < -0.4 is 10.0 Å². The number of nitriles is 1. The van der Waals surface area contributed by atoms with Gasteiger partial charge in [-0.25, -0.2) is 13.7 Å². The summed E-state index contributed by atoms with van der Waals surface area (Å²) >= 11 is 0. The van der Waals surface area contributed by atoms with Crippen LogP contribution in [0.4, 0.5) is 10.5 Å². The Morgan fingerprint density at radius 2 is 1.91 bits per heavy atom. The van der Waals surface area contributed by atoms with Crippen LogP contribution in [0.25, 0.3) is 0 Å². The van der Waals surface area contributed by atoms with Gasteiger partial charge in [0.2, 0.25) is 6.19 Å². The van der Waals surface area contributed by atoms with Gasteiger partial charge in [0.25, 0.3) is 0 Å². The number of likely N-dealkylation sites (tertiary alicyclic amines) is 1. The van der Waals surface area contributed by atoms with Gasteiger partial charge in [0.05, 0.1) is 19.3 Å². The topological polar surface area (TPSA) is 107 Å². The number of nitrogens with zero attached hydrogens (tertiary/aromatic N) is 3. The number of benzene rings is 1. The molecule has 1 aromatic rings. The summed E-state index contributed by atoms with van der Waals surface area (Å²) in [6.45, 7) is 2.40. The molecule has 5 rings (SSSR count). The molecule has 2 atom stereocenters. The van der Waals surface area contributed by atoms with Crippen molar-refractivity contribution >= 4 is 21.6 Å². The van der Waals surface area contributed by atoms with Gasteiger partial charge in [-0.1, -0.05) is 16.5 Å². The van der Waals surface area contributed by atoms with E-state index in [9.17, 15) is 9.00 Å². The van der Waals surface area contributed by atoms with E-state index in [1.165, 1.54) is 27.7 Å². The van der Waals surface area contributed by atoms with Gasteiger partial charge in [-0.15, -0.1) is 0 Å². The number of aryl methyl sites for hydroxylation is 2. The van der Waals surface area contributed by atoms with Gasteiger partial charge < -0.3 is 10.1 Å². The third-order valence-electron chi connectivity index (χ3n) is 7.04. The molecule has 32 heavy (non-hydrogen) atoms. The Kier molecular flexibility index (Phi) is 5.93. The number of carbonyl (C=O) groups excluding carboxylic acids is 1. The van der Waals surface area contributed by atoms with E-state index >= 15 is 0 Å². The highest BCUT2D eigenvalue weighted by atomic mass is 32.2. The Balaban J connectivity index is 1.33. The minimum Gasteiger partial charge on any atom is -0.378 e. The van der Waals surface area contributed by atoms with Gasteiger partial charge in [0.15, 0.2) is 9.92 Å². The van der Waals surface area contributed by atoms with E-state index < -0.39 is 15.9 Å². The van der Waals surface area contributed by atoms with Crippen molar-refractivity contribution in [1.29, 1.82) is 5.26 Å². The molecule has 2 saturated heterocycles. The summed E-state index contributed by atoms with van der Waals surface area (Å²) in [7, 11) is -3.35. The van der Waals surface area contributed by atoms with Crippen molar-refractivity contribution in [2.24, 2.45) is 4.36 Å². The van der Waals surface area contributed by atoms with E-state index in [2.05, 4.69) is 25.4 Å². The minimum absolute atomic E-state index is 0.115. The monoisotopic (exact) mass is 455 g/mol. The van der Waals surface area contributed by atoms with Gasteiger partial charge >= 0.3 is 6.03 Å². The molecule has 2 aliphatic carbocycles. The van der Waals surface area contributed by atoms with Crippen LogP contribution >= 0.6 is 0 Å². The summed E-state index contributed by atoms with van der Waals surface area (Å²) in [4.78, 5) is 15.2. The number of fused-ring (bicyclic) bond motifs is 2. The molecule has 4 aliphatic rings. The molecule has 1 unspecified atom stereocenters. The maximum Gasteiger partial charge on any atom is 0.331 e. The SMILES string of the molecule is N#CN=S(=O)(/C=C/[C@@H]1CCCN1C1COC1)NC(=O)Nc1c2c(cc3c1CCC3)CCC2. The molecule has 170 valence electrons. The van der Waals surface area contributed by atoms with E-state index in [1.54, 1.807) is 6.19 Å². The molecule has 2 heterocycles. The van der Waals surface area contributed by atoms with Crippen molar-refractivity contribution in [2.45, 2.75) is 63.5 Å². The first kappa shape index (κ1) is 21.4. The summed E-state index contributed by atoms with van der Waals surface area (Å²) in [5.41, 5.74) is 5.89. The Hall–Kier alpha value is -2.41. The Morgan fingerprint density at radius 3 is 2.53 bits per heavy atom. The first-order valence-corrected chi connectivity index (χ1v) is 13.1. The summed E-state index contributed by atoms with van der Waals surface area (Å²) in [6.07, 6.45) is 11.6. The molecular weight excluding hydrogens is 426 g/mol. The van der Waals surface area contributed by atoms with Crippen LogP contribution in [-0.2, 0) is 40.3 Å². The number of hydrogen-bond donors (Lipinski definition) is 2. The summed E-state index contributed by atoms with van der Waals surface area (Å²) in [6, 6.07) is 2.22. The van der Waals surface area contributed by atoms with Crippen LogP contribution in [0.3, 0.4) is 0 Å². The number of carbonyl (C=O) groups is 1. The van der Waals surface area contributed by atoms with Gasteiger partial charge in [0, 0.05) is 17.1 Å². The van der Waals surface area contributed by atoms with Crippen LogP contribution in [0.2, 0.25) is 0 Å². The second-order valence-electron chi connectivity index (χ2n) is 9.02. The fourth-order valence-electron chi connectivity index (χ4n) is 5.47. The molecule has 0 saturated carbocycles. The predicted octanol–water partition coefficient (Wildman–Crippen LogP) is 3.03. The number of nitrogens with one attached hydrogen (secondary N) is 2. The molecule has 8 nitrogen and oxygen atoms in total. The highest BCUT2D eigenvalue weighted by Gasteiger charge is 2.33. The number of amides is 2. The zero-order valence-corrected chi connectivity index (χ0v) is 19.0. The fourth-order valence-corrected chi connectivity index (χ4v) is 6.48. The van der Waals surface area contributed by atoms with Crippen molar-refractivity contribution in [3.63, 3.8) is 0 Å². The van der Waals surface area contributed by atoms with Crippen LogP contribution in [-0.4, -0.2) is 47.0 Å². The van der Waals surface area contributed by atoms with E-state index in [0.717, 1.165) is 63.6 Å². The van der Waals surface area contributed by atoms with Gasteiger partial charge in [-0.05, 0) is 80.2 Å². The molecule has 0 spiro atoms. The summed E-state index contributed by atoms with van der Waals surface area (Å²) in [5.74, 6) is 0. The van der Waals surface area contributed by atoms with Gasteiger partial charge in [0.1, 0.15) is 0 Å². The quantitative estimate of drug-likeness (QED) is 0.664. The molecule has 0 aromatic heterocycles. The van der Waals surface area contributed by atoms with Gasteiger partial charge in [-0.3, -0.25) is 4.90 Å². The normalized spacial score (nSPS) is 24.4. The molecule has 2 aliphatic heterocycles. The van der Waals surface area contributed by atoms with E-state index in [0.29, 0.717) is 19.3 Å². The van der Waals surface area contributed by atoms with Crippen LogP contribution in [0.1, 0.15) is 47.9 Å². The van der Waals surface area contributed by atoms with Crippen LogP contribution in [0, 0.1) is 11.5 Å². The lowest BCUT2D eigenvalue weighted by Crippen LogP contribution is -2.50. The molecule has 0 radical (unpaired) electrons. The zero-order valence-electron chi connectivity index (χ0n) is 18.1. The molecule has 2 N–H and O–H groups in total. The highest BCUT2D eigenvalue weighted by molar-refractivity contribution is 7.95. The number of rotatable bonds is 5. The lowest BCUT2D eigenvalue weighted by atomic mass is 9.99. The van der Waals surface area contributed by atoms with Crippen molar-refractivity contribution < 1.29 is 13.7 Å². The first-order valence-electron chi connectivity index (χ1n) is 11.5. The fraction of sp³-hybridized carbons (Fsp3) is 0.565. The third kappa shape index (κ3) is 4.15. The second kappa shape index (κ2) is 8.85. The smallest absolute Gasteiger partial charge is 0.331 e. The number of ether oxygens (including phenoxy) is 1. The average molecular weight is 456 g/mol. The van der Waals surface area contributed by atoms with Crippen LogP contribution in [0.5, 0.6) is 0 Å². The molecule has 1 aromatic carbocycles. The lowest BCUT2D eigenvalue weighted by Gasteiger charge is -2.37. The predicted molar refractivity (Wildman–Crippen MR) is 122 cm³/mol. The van der Waals surface area contributed by atoms with Crippen molar-refractivity contribution in [2.75, 3.05) is 25.1 Å². The number of hydrogen-bond acceptors (Lipinski definition) is 6. The van der Waals surface area contributed by atoms with Crippen molar-refractivity contribution in [3.05, 3.63) is 39.8 Å². The van der Waals surface area contributed by atoms with Gasteiger partial charge in [-0.2, -0.15) is 5.26 Å². The molecule has 9 heteroatoms. The van der Waals surface area contributed by atoms with E-state index in [-0.39, 0.29) is 6.04 Å². The zero-order chi connectivity index (χ0) is 22.1. The number of anilines is 1. The maximum absolute atomic E-state index is 13.3. The summed E-state index contributed by atoms with van der Waals surface area (Å²) in [5, 5.41) is 13.5. The Labute approximate surface area is 189 Å².